The minimum atomic E-state index is -0.104. The number of amides is 1. The number of nitrogens with one attached hydrogen (secondary N) is 2. The summed E-state index contributed by atoms with van der Waals surface area (Å²) in [5, 5.41) is 5.38. The molecule has 1 amide bonds. The molecule has 0 saturated carbocycles. The van der Waals surface area contributed by atoms with E-state index in [0.29, 0.717) is 12.2 Å². The van der Waals surface area contributed by atoms with Crippen molar-refractivity contribution in [1.82, 2.24) is 10.3 Å². The molecule has 0 unspecified atom stereocenters. The lowest BCUT2D eigenvalue weighted by molar-refractivity contribution is 0.0949. The van der Waals surface area contributed by atoms with Crippen LogP contribution in [0.3, 0.4) is 0 Å². The first-order valence-corrected chi connectivity index (χ1v) is 8.52. The van der Waals surface area contributed by atoms with E-state index in [1.165, 1.54) is 16.3 Å². The second kappa shape index (κ2) is 6.67. The Balaban J connectivity index is 1.60. The molecule has 0 spiro atoms. The van der Waals surface area contributed by atoms with Gasteiger partial charge in [0.15, 0.2) is 0 Å². The number of aromatic nitrogens is 1. The zero-order chi connectivity index (χ0) is 15.5. The van der Waals surface area contributed by atoms with Crippen molar-refractivity contribution in [3.05, 3.63) is 68.9 Å². The van der Waals surface area contributed by atoms with Crippen LogP contribution in [0.1, 0.15) is 16.1 Å². The van der Waals surface area contributed by atoms with E-state index in [2.05, 4.69) is 72.5 Å². The number of benzene rings is 2. The Morgan fingerprint density at radius 1 is 1.05 bits per heavy atom. The fraction of sp³-hybridized carbons (Fsp3) is 0.118. The number of rotatable bonds is 4. The summed E-state index contributed by atoms with van der Waals surface area (Å²) in [6, 6.07) is 16.4. The molecule has 3 aromatic rings. The molecule has 5 heteroatoms. The molecule has 0 aliphatic heterocycles. The van der Waals surface area contributed by atoms with E-state index in [-0.39, 0.29) is 5.91 Å². The van der Waals surface area contributed by atoms with Gasteiger partial charge in [-0.1, -0.05) is 42.5 Å². The highest BCUT2D eigenvalue weighted by atomic mass is 79.9. The van der Waals surface area contributed by atoms with E-state index < -0.39 is 0 Å². The summed E-state index contributed by atoms with van der Waals surface area (Å²) in [4.78, 5) is 15.0. The summed E-state index contributed by atoms with van der Waals surface area (Å²) in [6.07, 6.45) is 0.805. The lowest BCUT2D eigenvalue weighted by Gasteiger charge is -2.05. The van der Waals surface area contributed by atoms with Crippen molar-refractivity contribution in [2.75, 3.05) is 6.54 Å². The smallest absolute Gasteiger partial charge is 0.267 e. The fourth-order valence-electron chi connectivity index (χ4n) is 2.34. The van der Waals surface area contributed by atoms with Crippen molar-refractivity contribution in [1.29, 1.82) is 0 Å². The van der Waals surface area contributed by atoms with E-state index in [1.54, 1.807) is 6.07 Å². The number of carbonyl (C=O) groups excluding carboxylic acids is 1. The lowest BCUT2D eigenvalue weighted by Crippen LogP contribution is -2.25. The predicted molar refractivity (Wildman–Crippen MR) is 96.2 cm³/mol. The Morgan fingerprint density at radius 2 is 1.82 bits per heavy atom. The number of hydrogen-bond acceptors (Lipinski definition) is 1. The highest BCUT2D eigenvalue weighted by molar-refractivity contribution is 9.13. The van der Waals surface area contributed by atoms with Gasteiger partial charge in [-0.15, -0.1) is 0 Å². The largest absolute Gasteiger partial charge is 0.350 e. The third kappa shape index (κ3) is 3.42. The van der Waals surface area contributed by atoms with E-state index >= 15 is 0 Å². The van der Waals surface area contributed by atoms with Crippen LogP contribution in [0.2, 0.25) is 0 Å². The fourth-order valence-corrected chi connectivity index (χ4v) is 2.99. The second-order valence-corrected chi connectivity index (χ2v) is 6.68. The number of H-pyrrole nitrogens is 1. The maximum Gasteiger partial charge on any atom is 0.267 e. The summed E-state index contributed by atoms with van der Waals surface area (Å²) in [5.41, 5.74) is 1.75. The number of fused-ring (bicyclic) bond motifs is 1. The molecule has 1 aromatic heterocycles. The van der Waals surface area contributed by atoms with Crippen LogP contribution in [0, 0.1) is 0 Å². The summed E-state index contributed by atoms with van der Waals surface area (Å²) in [6.45, 7) is 0.603. The standard InChI is InChI=1S/C17H14Br2N2O/c18-14-10-15(21-16(14)19)17(22)20-8-7-11-5-6-12-3-1-2-4-13(12)9-11/h1-6,9-10,21H,7-8H2,(H,20,22). The van der Waals surface area contributed by atoms with Gasteiger partial charge in [0.2, 0.25) is 0 Å². The van der Waals surface area contributed by atoms with Crippen molar-refractivity contribution < 1.29 is 4.79 Å². The van der Waals surface area contributed by atoms with Crippen LogP contribution in [0.4, 0.5) is 0 Å². The number of carbonyl (C=O) groups is 1. The van der Waals surface area contributed by atoms with Crippen molar-refractivity contribution >= 4 is 48.5 Å². The molecule has 112 valence electrons. The molecule has 2 N–H and O–H groups in total. The molecule has 0 atom stereocenters. The SMILES string of the molecule is O=C(NCCc1ccc2ccccc2c1)c1cc(Br)c(Br)[nH]1. The Bertz CT molecular complexity index is 807. The van der Waals surface area contributed by atoms with E-state index in [4.69, 9.17) is 0 Å². The maximum absolute atomic E-state index is 12.0. The highest BCUT2D eigenvalue weighted by Crippen LogP contribution is 2.23. The molecular weight excluding hydrogens is 408 g/mol. The van der Waals surface area contributed by atoms with Crippen molar-refractivity contribution in [2.24, 2.45) is 0 Å². The Kier molecular flexibility index (Phi) is 4.64. The molecule has 0 radical (unpaired) electrons. The van der Waals surface area contributed by atoms with Crippen LogP contribution in [-0.2, 0) is 6.42 Å². The van der Waals surface area contributed by atoms with Gasteiger partial charge in [-0.25, -0.2) is 0 Å². The van der Waals surface area contributed by atoms with Crippen LogP contribution in [-0.4, -0.2) is 17.4 Å². The van der Waals surface area contributed by atoms with Gasteiger partial charge in [-0.2, -0.15) is 0 Å². The summed E-state index contributed by atoms with van der Waals surface area (Å²) < 4.78 is 1.61. The summed E-state index contributed by atoms with van der Waals surface area (Å²) in [7, 11) is 0. The number of aromatic amines is 1. The molecule has 3 rings (SSSR count). The molecule has 0 aliphatic carbocycles. The third-order valence-electron chi connectivity index (χ3n) is 3.48. The molecule has 0 fully saturated rings. The summed E-state index contributed by atoms with van der Waals surface area (Å²) >= 11 is 6.68. The minimum absolute atomic E-state index is 0.104. The van der Waals surface area contributed by atoms with Gasteiger partial charge >= 0.3 is 0 Å². The number of hydrogen-bond donors (Lipinski definition) is 2. The van der Waals surface area contributed by atoms with Crippen molar-refractivity contribution in [3.8, 4) is 0 Å². The molecule has 0 saturated heterocycles. The van der Waals surface area contributed by atoms with Gasteiger partial charge < -0.3 is 10.3 Å². The van der Waals surface area contributed by atoms with Gasteiger partial charge in [0.05, 0.1) is 9.08 Å². The van der Waals surface area contributed by atoms with Crippen LogP contribution in [0.25, 0.3) is 10.8 Å². The zero-order valence-electron chi connectivity index (χ0n) is 11.7. The first-order valence-electron chi connectivity index (χ1n) is 6.93. The first-order chi connectivity index (χ1) is 10.6. The topological polar surface area (TPSA) is 44.9 Å². The average Bonchev–Trinajstić information content (AvgIpc) is 2.86. The van der Waals surface area contributed by atoms with Crippen LogP contribution >= 0.6 is 31.9 Å². The average molecular weight is 422 g/mol. The molecule has 3 nitrogen and oxygen atoms in total. The molecular formula is C17H14Br2N2O. The molecule has 22 heavy (non-hydrogen) atoms. The normalized spacial score (nSPS) is 10.8. The minimum Gasteiger partial charge on any atom is -0.350 e. The van der Waals surface area contributed by atoms with Crippen LogP contribution in [0.5, 0.6) is 0 Å². The van der Waals surface area contributed by atoms with Gasteiger partial charge in [0, 0.05) is 6.54 Å². The van der Waals surface area contributed by atoms with E-state index in [1.807, 2.05) is 12.1 Å². The van der Waals surface area contributed by atoms with Gasteiger partial charge in [0.25, 0.3) is 5.91 Å². The lowest BCUT2D eigenvalue weighted by atomic mass is 10.1. The molecule has 1 heterocycles. The second-order valence-electron chi connectivity index (χ2n) is 5.03. The Labute approximate surface area is 145 Å². The molecule has 2 aromatic carbocycles. The third-order valence-corrected chi connectivity index (χ3v) is 5.27. The Hall–Kier alpha value is -1.59. The van der Waals surface area contributed by atoms with Gasteiger partial charge in [-0.05, 0) is 60.7 Å². The zero-order valence-corrected chi connectivity index (χ0v) is 14.9. The highest BCUT2D eigenvalue weighted by Gasteiger charge is 2.10. The Morgan fingerprint density at radius 3 is 2.55 bits per heavy atom. The monoisotopic (exact) mass is 420 g/mol. The quantitative estimate of drug-likeness (QED) is 0.631. The first kappa shape index (κ1) is 15.3. The number of halogens is 2. The van der Waals surface area contributed by atoms with Crippen molar-refractivity contribution in [3.63, 3.8) is 0 Å². The van der Waals surface area contributed by atoms with Crippen molar-refractivity contribution in [2.45, 2.75) is 6.42 Å². The van der Waals surface area contributed by atoms with Crippen LogP contribution < -0.4 is 5.32 Å². The molecule has 0 bridgehead atoms. The molecule has 0 aliphatic rings. The van der Waals surface area contributed by atoms with Gasteiger partial charge in [0.1, 0.15) is 5.69 Å². The van der Waals surface area contributed by atoms with E-state index in [9.17, 15) is 4.79 Å². The van der Waals surface area contributed by atoms with E-state index in [0.717, 1.165) is 15.5 Å². The van der Waals surface area contributed by atoms with Gasteiger partial charge in [-0.3, -0.25) is 4.79 Å². The predicted octanol–water partition coefficient (Wildman–Crippen LogP) is 4.67. The summed E-state index contributed by atoms with van der Waals surface area (Å²) in [5.74, 6) is -0.104. The van der Waals surface area contributed by atoms with Crippen LogP contribution in [0.15, 0.2) is 57.6 Å². The maximum atomic E-state index is 12.0.